The lowest BCUT2D eigenvalue weighted by Crippen LogP contribution is -2.01. The lowest BCUT2D eigenvalue weighted by molar-refractivity contribution is 0.392. The molecule has 4 rings (SSSR count). The molecule has 25 heavy (non-hydrogen) atoms. The number of hydrogen-bond donors (Lipinski definition) is 1. The van der Waals surface area contributed by atoms with E-state index in [0.29, 0.717) is 23.6 Å². The van der Waals surface area contributed by atoms with Crippen molar-refractivity contribution in [1.29, 1.82) is 0 Å². The molecule has 0 radical (unpaired) electrons. The van der Waals surface area contributed by atoms with Gasteiger partial charge in [0, 0.05) is 6.42 Å². The minimum absolute atomic E-state index is 0.520. The molecule has 0 aliphatic heterocycles. The summed E-state index contributed by atoms with van der Waals surface area (Å²) in [6.07, 6.45) is 0.652. The molecule has 0 bridgehead atoms. The molecule has 4 aromatic rings. The van der Waals surface area contributed by atoms with Gasteiger partial charge in [0.05, 0.1) is 7.11 Å². The van der Waals surface area contributed by atoms with Gasteiger partial charge in [-0.15, -0.1) is 0 Å². The second kappa shape index (κ2) is 6.36. The number of imidazole rings is 1. The van der Waals surface area contributed by atoms with Crippen LogP contribution in [-0.4, -0.2) is 27.0 Å². The van der Waals surface area contributed by atoms with Gasteiger partial charge in [0.25, 0.3) is 0 Å². The normalized spacial score (nSPS) is 11.0. The van der Waals surface area contributed by atoms with Gasteiger partial charge < -0.3 is 9.72 Å². The summed E-state index contributed by atoms with van der Waals surface area (Å²) in [7, 11) is 1.61. The zero-order chi connectivity index (χ0) is 17.2. The molecule has 0 spiro atoms. The molecule has 2 heterocycles. The Morgan fingerprint density at radius 2 is 1.60 bits per heavy atom. The van der Waals surface area contributed by atoms with Crippen LogP contribution in [0.1, 0.15) is 17.1 Å². The monoisotopic (exact) mass is 330 g/mol. The van der Waals surface area contributed by atoms with E-state index in [1.807, 2.05) is 25.1 Å². The molecular weight excluding hydrogens is 312 g/mol. The third-order valence-corrected chi connectivity index (χ3v) is 4.11. The first-order valence-corrected chi connectivity index (χ1v) is 8.14. The van der Waals surface area contributed by atoms with Crippen LogP contribution in [0.2, 0.25) is 0 Å². The van der Waals surface area contributed by atoms with Gasteiger partial charge in [0.1, 0.15) is 11.5 Å². The number of aromatic amines is 1. The molecule has 0 aliphatic carbocycles. The summed E-state index contributed by atoms with van der Waals surface area (Å²) < 4.78 is 5.40. The fourth-order valence-electron chi connectivity index (χ4n) is 2.88. The van der Waals surface area contributed by atoms with E-state index in [4.69, 9.17) is 4.74 Å². The number of fused-ring (bicyclic) bond motifs is 1. The SMILES string of the molecule is COc1nc2nc(C)[nH]c2nc1Cc1ccc(-c2ccccc2)cc1. The van der Waals surface area contributed by atoms with Crippen LogP contribution in [0, 0.1) is 6.92 Å². The second-order valence-electron chi connectivity index (χ2n) is 5.91. The molecular formula is C20H18N4O. The number of rotatable bonds is 4. The molecule has 5 nitrogen and oxygen atoms in total. The summed E-state index contributed by atoms with van der Waals surface area (Å²) in [4.78, 5) is 16.5. The van der Waals surface area contributed by atoms with Crippen LogP contribution in [0.25, 0.3) is 22.4 Å². The van der Waals surface area contributed by atoms with Crippen molar-refractivity contribution in [2.45, 2.75) is 13.3 Å². The summed E-state index contributed by atoms with van der Waals surface area (Å²) in [5.41, 5.74) is 5.63. The number of benzene rings is 2. The number of methoxy groups -OCH3 is 1. The van der Waals surface area contributed by atoms with Crippen molar-refractivity contribution < 1.29 is 4.74 Å². The Kier molecular flexibility index (Phi) is 3.90. The van der Waals surface area contributed by atoms with Crippen LogP contribution < -0.4 is 4.74 Å². The Hall–Kier alpha value is -3.21. The zero-order valence-corrected chi connectivity index (χ0v) is 14.2. The van der Waals surface area contributed by atoms with Gasteiger partial charge >= 0.3 is 0 Å². The topological polar surface area (TPSA) is 63.7 Å². The smallest absolute Gasteiger partial charge is 0.237 e. The van der Waals surface area contributed by atoms with Gasteiger partial charge in [-0.2, -0.15) is 4.98 Å². The molecule has 2 aromatic heterocycles. The molecule has 0 fully saturated rings. The molecule has 0 atom stereocenters. The predicted octanol–water partition coefficient (Wildman–Crippen LogP) is 3.93. The number of ether oxygens (including phenoxy) is 1. The maximum atomic E-state index is 5.40. The number of aryl methyl sites for hydroxylation is 1. The lowest BCUT2D eigenvalue weighted by Gasteiger charge is -2.07. The van der Waals surface area contributed by atoms with Crippen molar-refractivity contribution in [3.05, 3.63) is 71.7 Å². The zero-order valence-electron chi connectivity index (χ0n) is 14.2. The minimum Gasteiger partial charge on any atom is -0.480 e. The largest absolute Gasteiger partial charge is 0.480 e. The van der Waals surface area contributed by atoms with Crippen LogP contribution in [0.5, 0.6) is 5.88 Å². The van der Waals surface area contributed by atoms with Crippen molar-refractivity contribution in [3.63, 3.8) is 0 Å². The Bertz CT molecular complexity index is 1010. The van der Waals surface area contributed by atoms with Gasteiger partial charge in [-0.3, -0.25) is 0 Å². The van der Waals surface area contributed by atoms with Crippen molar-refractivity contribution in [2.75, 3.05) is 7.11 Å². The maximum Gasteiger partial charge on any atom is 0.237 e. The highest BCUT2D eigenvalue weighted by Crippen LogP contribution is 2.23. The van der Waals surface area contributed by atoms with E-state index in [0.717, 1.165) is 17.1 Å². The average Bonchev–Trinajstić information content (AvgIpc) is 3.01. The van der Waals surface area contributed by atoms with Crippen LogP contribution in [-0.2, 0) is 6.42 Å². The Balaban J connectivity index is 1.64. The van der Waals surface area contributed by atoms with Crippen molar-refractivity contribution in [3.8, 4) is 17.0 Å². The fourth-order valence-corrected chi connectivity index (χ4v) is 2.88. The summed E-state index contributed by atoms with van der Waals surface area (Å²) in [6.45, 7) is 1.89. The Labute approximate surface area is 145 Å². The fraction of sp³-hybridized carbons (Fsp3) is 0.150. The first kappa shape index (κ1) is 15.3. The van der Waals surface area contributed by atoms with Crippen molar-refractivity contribution in [1.82, 2.24) is 19.9 Å². The quantitative estimate of drug-likeness (QED) is 0.616. The van der Waals surface area contributed by atoms with E-state index < -0.39 is 0 Å². The van der Waals surface area contributed by atoms with Crippen molar-refractivity contribution >= 4 is 11.3 Å². The average molecular weight is 330 g/mol. The van der Waals surface area contributed by atoms with E-state index in [1.165, 1.54) is 11.1 Å². The molecule has 0 aliphatic rings. The highest BCUT2D eigenvalue weighted by molar-refractivity contribution is 5.67. The summed E-state index contributed by atoms with van der Waals surface area (Å²) >= 11 is 0. The highest BCUT2D eigenvalue weighted by atomic mass is 16.5. The molecule has 2 aromatic carbocycles. The molecule has 1 N–H and O–H groups in total. The first-order valence-electron chi connectivity index (χ1n) is 8.14. The second-order valence-corrected chi connectivity index (χ2v) is 5.91. The number of nitrogens with one attached hydrogen (secondary N) is 1. The van der Waals surface area contributed by atoms with Gasteiger partial charge in [0.2, 0.25) is 11.5 Å². The third kappa shape index (κ3) is 3.08. The van der Waals surface area contributed by atoms with Crippen LogP contribution in [0.15, 0.2) is 54.6 Å². The van der Waals surface area contributed by atoms with E-state index >= 15 is 0 Å². The van der Waals surface area contributed by atoms with Gasteiger partial charge in [-0.25, -0.2) is 9.97 Å². The molecule has 0 unspecified atom stereocenters. The number of aromatic nitrogens is 4. The maximum absolute atomic E-state index is 5.40. The van der Waals surface area contributed by atoms with Gasteiger partial charge in [-0.05, 0) is 23.6 Å². The first-order chi connectivity index (χ1) is 12.2. The third-order valence-electron chi connectivity index (χ3n) is 4.11. The summed E-state index contributed by atoms with van der Waals surface area (Å²) in [5.74, 6) is 1.31. The summed E-state index contributed by atoms with van der Waals surface area (Å²) in [5, 5.41) is 0. The Morgan fingerprint density at radius 3 is 2.32 bits per heavy atom. The number of nitrogens with zero attached hydrogens (tertiary/aromatic N) is 3. The van der Waals surface area contributed by atoms with Crippen molar-refractivity contribution in [2.24, 2.45) is 0 Å². The van der Waals surface area contributed by atoms with Crippen LogP contribution in [0.4, 0.5) is 0 Å². The standard InChI is InChI=1S/C20H18N4O/c1-13-21-18-19(22-13)24-20(25-2)17(23-18)12-14-8-10-16(11-9-14)15-6-4-3-5-7-15/h3-11H,12H2,1-2H3,(H,21,22,23,24). The predicted molar refractivity (Wildman–Crippen MR) is 97.7 cm³/mol. The van der Waals surface area contributed by atoms with E-state index in [-0.39, 0.29) is 0 Å². The number of H-pyrrole nitrogens is 1. The molecule has 0 amide bonds. The molecule has 5 heteroatoms. The molecule has 124 valence electrons. The Morgan fingerprint density at radius 1 is 0.880 bits per heavy atom. The lowest BCUT2D eigenvalue weighted by atomic mass is 10.0. The van der Waals surface area contributed by atoms with Crippen LogP contribution >= 0.6 is 0 Å². The minimum atomic E-state index is 0.520. The van der Waals surface area contributed by atoms with Gasteiger partial charge in [0.15, 0.2) is 5.65 Å². The van der Waals surface area contributed by atoms with E-state index in [1.54, 1.807) is 7.11 Å². The van der Waals surface area contributed by atoms with Gasteiger partial charge in [-0.1, -0.05) is 54.6 Å². The number of hydrogen-bond acceptors (Lipinski definition) is 4. The highest BCUT2D eigenvalue weighted by Gasteiger charge is 2.12. The van der Waals surface area contributed by atoms with E-state index in [9.17, 15) is 0 Å². The summed E-state index contributed by atoms with van der Waals surface area (Å²) in [6, 6.07) is 18.8. The van der Waals surface area contributed by atoms with Crippen LogP contribution in [0.3, 0.4) is 0 Å². The molecule has 0 saturated heterocycles. The van der Waals surface area contributed by atoms with E-state index in [2.05, 4.69) is 56.3 Å². The molecule has 0 saturated carbocycles.